The topological polar surface area (TPSA) is 48.1 Å². The molecule has 2 fully saturated rings. The first-order chi connectivity index (χ1) is 12.3. The highest BCUT2D eigenvalue weighted by molar-refractivity contribution is 5.39. The second kappa shape index (κ2) is 8.00. The maximum Gasteiger partial charge on any atom is 0.0542 e. The summed E-state index contributed by atoms with van der Waals surface area (Å²) in [4.78, 5) is 0. The summed E-state index contributed by atoms with van der Waals surface area (Å²) in [6, 6.07) is 7.44. The molecule has 4 heteroatoms. The van der Waals surface area contributed by atoms with Crippen molar-refractivity contribution in [2.75, 3.05) is 39.3 Å². The summed E-state index contributed by atoms with van der Waals surface area (Å²) in [7, 11) is 0. The molecule has 2 unspecified atom stereocenters. The molecule has 136 valence electrons. The largest absolute Gasteiger partial charge is 0.316 e. The van der Waals surface area contributed by atoms with Gasteiger partial charge in [-0.05, 0) is 48.9 Å². The van der Waals surface area contributed by atoms with Crippen molar-refractivity contribution in [1.82, 2.24) is 21.3 Å². The second-order valence-corrected chi connectivity index (χ2v) is 7.90. The van der Waals surface area contributed by atoms with Crippen LogP contribution in [0.15, 0.2) is 30.4 Å². The third-order valence-electron chi connectivity index (χ3n) is 6.00. The Morgan fingerprint density at radius 2 is 1.60 bits per heavy atom. The van der Waals surface area contributed by atoms with Gasteiger partial charge in [-0.25, -0.2) is 0 Å². The molecular weight excluding hydrogens is 308 g/mol. The summed E-state index contributed by atoms with van der Waals surface area (Å²) >= 11 is 0. The molecule has 4 N–H and O–H groups in total. The average molecular weight is 341 g/mol. The van der Waals surface area contributed by atoms with Crippen LogP contribution in [0.2, 0.25) is 0 Å². The first kappa shape index (κ1) is 17.2. The standard InChI is InChI=1S/C21H32N4/c1-15-24-13-21(14-25-15)20-9-18(16-4-2-6-22-11-16)8-19(10-20)17-5-3-7-23-12-17/h2,4,8-10,15-17,21-25H,3,5-7,11-14H2,1H3. The van der Waals surface area contributed by atoms with Crippen molar-refractivity contribution in [3.8, 4) is 0 Å². The Balaban J connectivity index is 1.64. The lowest BCUT2D eigenvalue weighted by atomic mass is 9.83. The van der Waals surface area contributed by atoms with Gasteiger partial charge in [-0.15, -0.1) is 0 Å². The highest BCUT2D eigenvalue weighted by Crippen LogP contribution is 2.31. The molecule has 0 amide bonds. The molecule has 0 aromatic heterocycles. The van der Waals surface area contributed by atoms with Crippen LogP contribution in [0.3, 0.4) is 0 Å². The summed E-state index contributed by atoms with van der Waals surface area (Å²) in [6.45, 7) is 8.69. The molecule has 1 aromatic carbocycles. The van der Waals surface area contributed by atoms with Crippen LogP contribution in [0.4, 0.5) is 0 Å². The lowest BCUT2D eigenvalue weighted by Gasteiger charge is -2.31. The monoisotopic (exact) mass is 340 g/mol. The molecule has 3 aliphatic heterocycles. The van der Waals surface area contributed by atoms with E-state index in [0.29, 0.717) is 23.9 Å². The minimum absolute atomic E-state index is 0.423. The fraction of sp³-hybridized carbons (Fsp3) is 0.619. The number of benzene rings is 1. The van der Waals surface area contributed by atoms with Crippen LogP contribution in [0.25, 0.3) is 0 Å². The van der Waals surface area contributed by atoms with E-state index in [4.69, 9.17) is 0 Å². The molecule has 0 radical (unpaired) electrons. The van der Waals surface area contributed by atoms with Crippen molar-refractivity contribution in [1.29, 1.82) is 0 Å². The number of rotatable bonds is 3. The predicted molar refractivity (Wildman–Crippen MR) is 104 cm³/mol. The summed E-state index contributed by atoms with van der Waals surface area (Å²) in [6.07, 6.45) is 7.69. The van der Waals surface area contributed by atoms with Crippen molar-refractivity contribution < 1.29 is 0 Å². The molecule has 3 aliphatic rings. The lowest BCUT2D eigenvalue weighted by molar-refractivity contribution is 0.360. The van der Waals surface area contributed by atoms with Crippen molar-refractivity contribution in [2.24, 2.45) is 0 Å². The van der Waals surface area contributed by atoms with Crippen LogP contribution in [0.1, 0.15) is 54.2 Å². The molecule has 0 bridgehead atoms. The SMILES string of the molecule is CC1NCC(c2cc(C3C=CCNC3)cc(C3CCCNC3)c2)CN1. The van der Waals surface area contributed by atoms with Gasteiger partial charge >= 0.3 is 0 Å². The second-order valence-electron chi connectivity index (χ2n) is 7.90. The number of hydrogen-bond donors (Lipinski definition) is 4. The van der Waals surface area contributed by atoms with Crippen LogP contribution in [-0.4, -0.2) is 45.4 Å². The van der Waals surface area contributed by atoms with Crippen LogP contribution >= 0.6 is 0 Å². The zero-order chi connectivity index (χ0) is 17.1. The minimum atomic E-state index is 0.423. The molecule has 0 aliphatic carbocycles. The summed E-state index contributed by atoms with van der Waals surface area (Å²) in [5.74, 6) is 1.73. The Hall–Kier alpha value is -1.20. The average Bonchev–Trinajstić information content (AvgIpc) is 2.69. The van der Waals surface area contributed by atoms with Crippen LogP contribution in [0.5, 0.6) is 0 Å². The van der Waals surface area contributed by atoms with Crippen molar-refractivity contribution >= 4 is 0 Å². The number of hydrogen-bond acceptors (Lipinski definition) is 4. The van der Waals surface area contributed by atoms with Gasteiger partial charge in [-0.3, -0.25) is 0 Å². The predicted octanol–water partition coefficient (Wildman–Crippen LogP) is 2.02. The smallest absolute Gasteiger partial charge is 0.0542 e. The van der Waals surface area contributed by atoms with E-state index >= 15 is 0 Å². The quantitative estimate of drug-likeness (QED) is 0.636. The van der Waals surface area contributed by atoms with E-state index in [1.807, 2.05) is 0 Å². The van der Waals surface area contributed by atoms with Crippen molar-refractivity contribution in [2.45, 2.75) is 43.7 Å². The van der Waals surface area contributed by atoms with Gasteiger partial charge in [0.05, 0.1) is 6.17 Å². The normalized spacial score (nSPS) is 33.3. The highest BCUT2D eigenvalue weighted by atomic mass is 15.1. The fourth-order valence-electron chi connectivity index (χ4n) is 4.39. The Morgan fingerprint density at radius 1 is 0.840 bits per heavy atom. The fourth-order valence-corrected chi connectivity index (χ4v) is 4.39. The maximum absolute atomic E-state index is 3.59. The van der Waals surface area contributed by atoms with Crippen molar-refractivity contribution in [3.63, 3.8) is 0 Å². The van der Waals surface area contributed by atoms with Gasteiger partial charge in [0.25, 0.3) is 0 Å². The zero-order valence-electron chi connectivity index (χ0n) is 15.4. The Morgan fingerprint density at radius 3 is 2.28 bits per heavy atom. The van der Waals surface area contributed by atoms with Crippen LogP contribution in [0, 0.1) is 0 Å². The Kier molecular flexibility index (Phi) is 5.51. The van der Waals surface area contributed by atoms with E-state index in [2.05, 4.69) is 58.5 Å². The molecule has 1 aromatic rings. The summed E-state index contributed by atoms with van der Waals surface area (Å²) in [5, 5.41) is 14.3. The van der Waals surface area contributed by atoms with E-state index in [1.54, 1.807) is 0 Å². The molecule has 2 saturated heterocycles. The first-order valence-corrected chi connectivity index (χ1v) is 9.99. The van der Waals surface area contributed by atoms with Gasteiger partial charge in [0.15, 0.2) is 0 Å². The van der Waals surface area contributed by atoms with E-state index in [-0.39, 0.29) is 0 Å². The molecule has 0 saturated carbocycles. The number of piperidine rings is 1. The molecule has 0 spiro atoms. The van der Waals surface area contributed by atoms with Gasteiger partial charge < -0.3 is 21.3 Å². The van der Waals surface area contributed by atoms with Crippen LogP contribution in [-0.2, 0) is 0 Å². The first-order valence-electron chi connectivity index (χ1n) is 9.99. The van der Waals surface area contributed by atoms with E-state index in [1.165, 1.54) is 36.1 Å². The van der Waals surface area contributed by atoms with E-state index in [0.717, 1.165) is 32.7 Å². The Bertz CT molecular complexity index is 598. The lowest BCUT2D eigenvalue weighted by Crippen LogP contribution is -2.50. The highest BCUT2D eigenvalue weighted by Gasteiger charge is 2.23. The summed E-state index contributed by atoms with van der Waals surface area (Å²) < 4.78 is 0. The molecule has 4 rings (SSSR count). The third-order valence-corrected chi connectivity index (χ3v) is 6.00. The number of nitrogens with one attached hydrogen (secondary N) is 4. The molecule has 25 heavy (non-hydrogen) atoms. The van der Waals surface area contributed by atoms with Gasteiger partial charge in [0.1, 0.15) is 0 Å². The molecular formula is C21H32N4. The molecule has 2 atom stereocenters. The van der Waals surface area contributed by atoms with Gasteiger partial charge in [-0.2, -0.15) is 0 Å². The third kappa shape index (κ3) is 4.14. The molecule has 3 heterocycles. The molecule has 4 nitrogen and oxygen atoms in total. The minimum Gasteiger partial charge on any atom is -0.316 e. The van der Waals surface area contributed by atoms with Gasteiger partial charge in [0, 0.05) is 44.6 Å². The maximum atomic E-state index is 3.59. The zero-order valence-corrected chi connectivity index (χ0v) is 15.4. The van der Waals surface area contributed by atoms with Gasteiger partial charge in [0.2, 0.25) is 0 Å². The Labute approximate surface area is 151 Å². The van der Waals surface area contributed by atoms with Crippen LogP contribution < -0.4 is 21.3 Å². The summed E-state index contributed by atoms with van der Waals surface area (Å²) in [5.41, 5.74) is 4.53. The van der Waals surface area contributed by atoms with Crippen molar-refractivity contribution in [3.05, 3.63) is 47.0 Å². The van der Waals surface area contributed by atoms with Gasteiger partial charge in [-0.1, -0.05) is 30.4 Å². The van der Waals surface area contributed by atoms with E-state index < -0.39 is 0 Å². The van der Waals surface area contributed by atoms with E-state index in [9.17, 15) is 0 Å².